The van der Waals surface area contributed by atoms with Gasteiger partial charge in [0.2, 0.25) is 0 Å². The summed E-state index contributed by atoms with van der Waals surface area (Å²) in [4.78, 5) is 32.5. The molecule has 0 atom stereocenters. The largest absolute Gasteiger partial charge is 0.477 e. The third-order valence-corrected chi connectivity index (χ3v) is 1.79. The molecule has 0 amide bonds. The highest BCUT2D eigenvalue weighted by Crippen LogP contribution is 2.16. The summed E-state index contributed by atoms with van der Waals surface area (Å²) in [5.74, 6) is -2.17. The Morgan fingerprint density at radius 3 is 2.53 bits per heavy atom. The summed E-state index contributed by atoms with van der Waals surface area (Å²) in [5, 5.41) is 10.3. The highest BCUT2D eigenvalue weighted by Gasteiger charge is 2.24. The molecule has 0 saturated carbocycles. The van der Waals surface area contributed by atoms with Crippen molar-refractivity contribution in [1.82, 2.24) is 0 Å². The van der Waals surface area contributed by atoms with Crippen LogP contribution >= 0.6 is 0 Å². The number of nitroso groups, excluding NO2 is 1. The van der Waals surface area contributed by atoms with Gasteiger partial charge in [-0.2, -0.15) is 0 Å². The second kappa shape index (κ2) is 4.32. The topological polar surface area (TPSA) is 94.6 Å². The van der Waals surface area contributed by atoms with E-state index in [1.807, 2.05) is 0 Å². The number of ether oxygens (including phenoxy) is 1. The standard InChI is InChI=1S/C9H7NO5/c1-15-9(13)5-3-2-4-6(10-14)7(5)8(11)12/h2-4H,1H3,(H,11,12)/p+1. The smallest absolute Gasteiger partial charge is 0.343 e. The molecule has 1 aromatic rings. The maximum absolute atomic E-state index is 11.2. The van der Waals surface area contributed by atoms with E-state index >= 15 is 0 Å². The summed E-state index contributed by atoms with van der Waals surface area (Å²) >= 11 is 0. The van der Waals surface area contributed by atoms with Crippen LogP contribution in [0.4, 0.5) is 5.69 Å². The number of aromatic carboxylic acids is 1. The number of hydrogen-bond acceptors (Lipinski definition) is 4. The van der Waals surface area contributed by atoms with E-state index < -0.39 is 11.9 Å². The number of rotatable bonds is 3. The quantitative estimate of drug-likeness (QED) is 0.665. The van der Waals surface area contributed by atoms with Crippen molar-refractivity contribution in [2.45, 2.75) is 0 Å². The average Bonchev–Trinajstić information content (AvgIpc) is 2.26. The first-order valence-corrected chi connectivity index (χ1v) is 3.94. The molecule has 2 N–H and O–H groups in total. The lowest BCUT2D eigenvalue weighted by molar-refractivity contribution is -0.379. The van der Waals surface area contributed by atoms with Crippen molar-refractivity contribution in [2.75, 3.05) is 7.11 Å². The number of hydrogen-bond donors (Lipinski definition) is 2. The molecule has 78 valence electrons. The fraction of sp³-hybridized carbons (Fsp3) is 0.111. The van der Waals surface area contributed by atoms with Crippen LogP contribution in [0.1, 0.15) is 20.7 Å². The number of carbonyl (C=O) groups excluding carboxylic acids is 1. The Labute approximate surface area is 84.5 Å². The first kappa shape index (κ1) is 10.8. The molecule has 0 unspecified atom stereocenters. The molecule has 6 heteroatoms. The number of carboxylic acids is 1. The van der Waals surface area contributed by atoms with Gasteiger partial charge < -0.3 is 9.84 Å². The third kappa shape index (κ3) is 1.98. The van der Waals surface area contributed by atoms with Gasteiger partial charge >= 0.3 is 11.9 Å². The average molecular weight is 210 g/mol. The van der Waals surface area contributed by atoms with E-state index in [9.17, 15) is 14.5 Å². The zero-order chi connectivity index (χ0) is 11.4. The van der Waals surface area contributed by atoms with Crippen LogP contribution in [0.15, 0.2) is 18.2 Å². The van der Waals surface area contributed by atoms with E-state index in [-0.39, 0.29) is 16.8 Å². The fourth-order valence-corrected chi connectivity index (χ4v) is 1.15. The molecule has 0 saturated heterocycles. The summed E-state index contributed by atoms with van der Waals surface area (Å²) < 4.78 is 4.39. The maximum atomic E-state index is 11.2. The van der Waals surface area contributed by atoms with Crippen molar-refractivity contribution in [3.8, 4) is 0 Å². The third-order valence-electron chi connectivity index (χ3n) is 1.79. The second-order valence-corrected chi connectivity index (χ2v) is 2.63. The molecule has 0 bridgehead atoms. The molecule has 0 heterocycles. The Balaban J connectivity index is 3.44. The molecule has 6 nitrogen and oxygen atoms in total. The number of esters is 1. The molecule has 15 heavy (non-hydrogen) atoms. The van der Waals surface area contributed by atoms with Crippen LogP contribution < -0.4 is 5.18 Å². The molecule has 0 fully saturated rings. The van der Waals surface area contributed by atoms with E-state index in [2.05, 4.69) is 4.74 Å². The molecule has 0 aliphatic rings. The minimum Gasteiger partial charge on any atom is -0.477 e. The molecule has 1 aromatic carbocycles. The highest BCUT2D eigenvalue weighted by atomic mass is 16.5. The van der Waals surface area contributed by atoms with Gasteiger partial charge in [0, 0.05) is 16.2 Å². The Morgan fingerprint density at radius 2 is 2.07 bits per heavy atom. The van der Waals surface area contributed by atoms with Gasteiger partial charge in [0.1, 0.15) is 5.56 Å². The summed E-state index contributed by atoms with van der Waals surface area (Å²) in [6, 6.07) is 3.93. The normalized spacial score (nSPS) is 9.40. The number of carboxylic acid groups (broad SMARTS) is 1. The minimum atomic E-state index is -1.37. The summed E-state index contributed by atoms with van der Waals surface area (Å²) in [5.41, 5.74) is -0.726. The van der Waals surface area contributed by atoms with Gasteiger partial charge in [-0.25, -0.2) is 9.59 Å². The van der Waals surface area contributed by atoms with Crippen LogP contribution in [0.5, 0.6) is 0 Å². The van der Waals surface area contributed by atoms with Gasteiger partial charge in [-0.1, -0.05) is 6.07 Å². The zero-order valence-electron chi connectivity index (χ0n) is 7.81. The lowest BCUT2D eigenvalue weighted by Gasteiger charge is -2.02. The van der Waals surface area contributed by atoms with Crippen molar-refractivity contribution in [3.05, 3.63) is 34.2 Å². The Kier molecular flexibility index (Phi) is 3.12. The first-order chi connectivity index (χ1) is 7.11. The van der Waals surface area contributed by atoms with E-state index in [4.69, 9.17) is 5.11 Å². The van der Waals surface area contributed by atoms with Gasteiger partial charge in [-0.05, 0) is 6.07 Å². The summed E-state index contributed by atoms with van der Waals surface area (Å²) in [6.45, 7) is 0. The molecule has 0 aliphatic heterocycles. The Morgan fingerprint density at radius 1 is 1.40 bits per heavy atom. The molecule has 0 aliphatic carbocycles. The number of carbonyl (C=O) groups is 2. The van der Waals surface area contributed by atoms with Crippen LogP contribution in [0.25, 0.3) is 0 Å². The number of methoxy groups -OCH3 is 1. The van der Waals surface area contributed by atoms with E-state index in [0.717, 1.165) is 7.11 Å². The lowest BCUT2D eigenvalue weighted by atomic mass is 10.1. The molecule has 0 aromatic heterocycles. The van der Waals surface area contributed by atoms with Crippen molar-refractivity contribution < 1.29 is 24.6 Å². The summed E-state index contributed by atoms with van der Waals surface area (Å²) in [7, 11) is 1.13. The number of benzene rings is 1. The van der Waals surface area contributed by atoms with Gasteiger partial charge in [-0.15, -0.1) is 0 Å². The zero-order valence-corrected chi connectivity index (χ0v) is 7.81. The van der Waals surface area contributed by atoms with Gasteiger partial charge in [0.05, 0.1) is 12.7 Å². The lowest BCUT2D eigenvalue weighted by Crippen LogP contribution is -2.57. The molecule has 1 rings (SSSR count). The van der Waals surface area contributed by atoms with E-state index in [1.165, 1.54) is 23.4 Å². The number of nitrogens with one attached hydrogen (secondary N) is 1. The van der Waals surface area contributed by atoms with Gasteiger partial charge in [0.25, 0.3) is 5.69 Å². The van der Waals surface area contributed by atoms with Crippen molar-refractivity contribution in [3.63, 3.8) is 0 Å². The van der Waals surface area contributed by atoms with Crippen LogP contribution in [0.2, 0.25) is 0 Å². The highest BCUT2D eigenvalue weighted by molar-refractivity contribution is 6.05. The Hall–Kier alpha value is -2.24. The monoisotopic (exact) mass is 210 g/mol. The van der Waals surface area contributed by atoms with E-state index in [0.29, 0.717) is 0 Å². The van der Waals surface area contributed by atoms with Crippen LogP contribution in [0, 0.1) is 4.91 Å². The second-order valence-electron chi connectivity index (χ2n) is 2.63. The summed E-state index contributed by atoms with van der Waals surface area (Å²) in [6.07, 6.45) is 0. The van der Waals surface area contributed by atoms with Crippen molar-refractivity contribution >= 4 is 17.6 Å². The van der Waals surface area contributed by atoms with Crippen LogP contribution in [-0.4, -0.2) is 24.2 Å². The van der Waals surface area contributed by atoms with Crippen LogP contribution in [-0.2, 0) is 4.74 Å². The maximum Gasteiger partial charge on any atom is 0.343 e. The Bertz CT molecular complexity index is 427. The molecular formula is C9H8NO5+. The van der Waals surface area contributed by atoms with Crippen LogP contribution in [0.3, 0.4) is 0 Å². The van der Waals surface area contributed by atoms with Gasteiger partial charge in [-0.3, -0.25) is 0 Å². The minimum absolute atomic E-state index is 0.161. The fourth-order valence-electron chi connectivity index (χ4n) is 1.15. The first-order valence-electron chi connectivity index (χ1n) is 3.94. The van der Waals surface area contributed by atoms with Crippen molar-refractivity contribution in [1.29, 1.82) is 0 Å². The molecular weight excluding hydrogens is 202 g/mol. The predicted molar refractivity (Wildman–Crippen MR) is 48.7 cm³/mol. The molecule has 0 radical (unpaired) electrons. The van der Waals surface area contributed by atoms with Gasteiger partial charge in [0.15, 0.2) is 0 Å². The SMILES string of the molecule is COC(=O)c1cccc([NH+]=O)c1C(=O)O. The van der Waals surface area contributed by atoms with Crippen molar-refractivity contribution in [2.24, 2.45) is 0 Å². The predicted octanol–water partition coefficient (Wildman–Crippen LogP) is -0.350. The molecule has 0 spiro atoms. The van der Waals surface area contributed by atoms with E-state index in [1.54, 1.807) is 0 Å².